The van der Waals surface area contributed by atoms with Crippen molar-refractivity contribution in [3.05, 3.63) is 28.1 Å². The van der Waals surface area contributed by atoms with Crippen molar-refractivity contribution in [2.45, 2.75) is 11.8 Å². The predicted molar refractivity (Wildman–Crippen MR) is 66.9 cm³/mol. The molecule has 2 aromatic rings. The predicted octanol–water partition coefficient (Wildman–Crippen LogP) is 2.21. The molecule has 0 atom stereocenters. The zero-order valence-corrected chi connectivity index (χ0v) is 11.9. The monoisotopic (exact) mass is 326 g/mol. The van der Waals surface area contributed by atoms with E-state index < -0.39 is 9.05 Å². The average Bonchev–Trinajstić information content (AvgIpc) is 2.54. The maximum Gasteiger partial charge on any atom is 0.266 e. The van der Waals surface area contributed by atoms with Crippen molar-refractivity contribution < 1.29 is 8.42 Å². The summed E-state index contributed by atoms with van der Waals surface area (Å²) in [6.07, 6.45) is 0. The van der Waals surface area contributed by atoms with E-state index >= 15 is 0 Å². The maximum absolute atomic E-state index is 11.3. The molecule has 0 radical (unpaired) electrons. The van der Waals surface area contributed by atoms with E-state index in [-0.39, 0.29) is 26.7 Å². The largest absolute Gasteiger partial charge is 0.266 e. The molecular weight excluding hydrogens is 323 g/mol. The number of aromatic nitrogens is 4. The molecular formula is C8H5Cl3N4O2S. The second-order valence-corrected chi connectivity index (χ2v) is 6.52. The Kier molecular flexibility index (Phi) is 3.50. The molecule has 0 spiro atoms. The molecule has 2 heterocycles. The second-order valence-electron chi connectivity index (χ2n) is 3.27. The van der Waals surface area contributed by atoms with Crippen molar-refractivity contribution >= 4 is 42.9 Å². The lowest BCUT2D eigenvalue weighted by molar-refractivity contribution is 0.609. The van der Waals surface area contributed by atoms with Crippen molar-refractivity contribution in [3.8, 4) is 5.82 Å². The number of aryl methyl sites for hydroxylation is 1. The zero-order valence-electron chi connectivity index (χ0n) is 8.80. The van der Waals surface area contributed by atoms with Gasteiger partial charge in [0, 0.05) is 10.7 Å². The van der Waals surface area contributed by atoms with Crippen LogP contribution in [0.5, 0.6) is 0 Å². The molecule has 0 unspecified atom stereocenters. The Morgan fingerprint density at radius 3 is 2.33 bits per heavy atom. The normalized spacial score (nSPS) is 11.8. The minimum atomic E-state index is -3.98. The lowest BCUT2D eigenvalue weighted by Crippen LogP contribution is -2.01. The molecule has 0 fully saturated rings. The molecule has 6 nitrogen and oxygen atoms in total. The molecule has 0 saturated carbocycles. The van der Waals surface area contributed by atoms with Crippen molar-refractivity contribution in [3.63, 3.8) is 0 Å². The van der Waals surface area contributed by atoms with Gasteiger partial charge in [-0.15, -0.1) is 10.2 Å². The van der Waals surface area contributed by atoms with Gasteiger partial charge in [-0.25, -0.2) is 13.1 Å². The fraction of sp³-hybridized carbons (Fsp3) is 0.125. The quantitative estimate of drug-likeness (QED) is 0.790. The number of rotatable bonds is 2. The smallest absolute Gasteiger partial charge is 0.207 e. The van der Waals surface area contributed by atoms with Gasteiger partial charge in [-0.1, -0.05) is 23.2 Å². The van der Waals surface area contributed by atoms with Crippen LogP contribution in [0.4, 0.5) is 0 Å². The zero-order chi connectivity index (χ0) is 13.5. The van der Waals surface area contributed by atoms with E-state index in [0.717, 1.165) is 4.68 Å². The maximum atomic E-state index is 11.3. The first kappa shape index (κ1) is 13.5. The lowest BCUT2D eigenvalue weighted by Gasteiger charge is -2.00. The summed E-state index contributed by atoms with van der Waals surface area (Å²) < 4.78 is 23.8. The van der Waals surface area contributed by atoms with Gasteiger partial charge in [0.15, 0.2) is 16.1 Å². The van der Waals surface area contributed by atoms with Gasteiger partial charge in [0.1, 0.15) is 4.90 Å². The summed E-state index contributed by atoms with van der Waals surface area (Å²) >= 11 is 11.5. The van der Waals surface area contributed by atoms with E-state index in [4.69, 9.17) is 33.9 Å². The van der Waals surface area contributed by atoms with E-state index in [0.29, 0.717) is 0 Å². The second kappa shape index (κ2) is 4.65. The molecule has 0 N–H and O–H groups in total. The molecule has 18 heavy (non-hydrogen) atoms. The summed E-state index contributed by atoms with van der Waals surface area (Å²) in [7, 11) is 1.30. The van der Waals surface area contributed by atoms with Crippen LogP contribution in [-0.4, -0.2) is 28.4 Å². The van der Waals surface area contributed by atoms with Crippen LogP contribution in [-0.2, 0) is 9.05 Å². The first-order valence-corrected chi connectivity index (χ1v) is 7.56. The Morgan fingerprint density at radius 2 is 1.89 bits per heavy atom. The van der Waals surface area contributed by atoms with Crippen LogP contribution in [0.25, 0.3) is 5.82 Å². The number of hydrogen-bond donors (Lipinski definition) is 0. The summed E-state index contributed by atoms with van der Waals surface area (Å²) in [5, 5.41) is 11.3. The van der Waals surface area contributed by atoms with Gasteiger partial charge in [-0.2, -0.15) is 5.10 Å². The highest BCUT2D eigenvalue weighted by atomic mass is 35.7. The first-order chi connectivity index (χ1) is 8.30. The van der Waals surface area contributed by atoms with Crippen LogP contribution < -0.4 is 0 Å². The molecule has 0 aliphatic rings. The highest BCUT2D eigenvalue weighted by Crippen LogP contribution is 2.29. The Bertz CT molecular complexity index is 696. The van der Waals surface area contributed by atoms with Crippen LogP contribution in [0.2, 0.25) is 10.3 Å². The number of nitrogens with zero attached hydrogens (tertiary/aromatic N) is 4. The molecule has 0 amide bonds. The Hall–Kier alpha value is -0.890. The lowest BCUT2D eigenvalue weighted by atomic mass is 10.5. The average molecular weight is 328 g/mol. The van der Waals surface area contributed by atoms with Gasteiger partial charge in [-0.3, -0.25) is 0 Å². The fourth-order valence-electron chi connectivity index (χ4n) is 1.34. The minimum Gasteiger partial charge on any atom is -0.207 e. The van der Waals surface area contributed by atoms with Gasteiger partial charge in [0.05, 0.1) is 5.69 Å². The van der Waals surface area contributed by atoms with Crippen molar-refractivity contribution in [1.29, 1.82) is 0 Å². The van der Waals surface area contributed by atoms with Crippen LogP contribution in [0.3, 0.4) is 0 Å². The summed E-state index contributed by atoms with van der Waals surface area (Å²) in [4.78, 5) is -0.248. The summed E-state index contributed by atoms with van der Waals surface area (Å²) in [6, 6.07) is 2.98. The molecule has 96 valence electrons. The van der Waals surface area contributed by atoms with Gasteiger partial charge in [0.2, 0.25) is 0 Å². The molecule has 2 aromatic heterocycles. The molecule has 0 aliphatic carbocycles. The van der Waals surface area contributed by atoms with Crippen LogP contribution in [0.15, 0.2) is 17.0 Å². The summed E-state index contributed by atoms with van der Waals surface area (Å²) in [5.41, 5.74) is 0.173. The third-order valence-corrected chi connectivity index (χ3v) is 4.13. The van der Waals surface area contributed by atoms with Crippen molar-refractivity contribution in [1.82, 2.24) is 20.0 Å². The van der Waals surface area contributed by atoms with Crippen molar-refractivity contribution in [2.24, 2.45) is 0 Å². The SMILES string of the molecule is Cc1nn(-c2ccc(Cl)nn2)c(Cl)c1S(=O)(=O)Cl. The number of halogens is 3. The Labute approximate surface area is 117 Å². The van der Waals surface area contributed by atoms with E-state index in [1.165, 1.54) is 19.1 Å². The van der Waals surface area contributed by atoms with E-state index in [9.17, 15) is 8.42 Å². The van der Waals surface area contributed by atoms with Gasteiger partial charge >= 0.3 is 0 Å². The molecule has 0 bridgehead atoms. The van der Waals surface area contributed by atoms with Gasteiger partial charge in [-0.05, 0) is 19.1 Å². The van der Waals surface area contributed by atoms with Crippen LogP contribution in [0, 0.1) is 6.92 Å². The molecule has 0 saturated heterocycles. The summed E-state index contributed by atoms with van der Waals surface area (Å²) in [6.45, 7) is 1.47. The van der Waals surface area contributed by atoms with E-state index in [1.807, 2.05) is 0 Å². The number of hydrogen-bond acceptors (Lipinski definition) is 5. The minimum absolute atomic E-state index is 0.154. The Morgan fingerprint density at radius 1 is 1.22 bits per heavy atom. The van der Waals surface area contributed by atoms with E-state index in [2.05, 4.69) is 15.3 Å². The topological polar surface area (TPSA) is 77.7 Å². The molecule has 10 heteroatoms. The van der Waals surface area contributed by atoms with Gasteiger partial charge < -0.3 is 0 Å². The van der Waals surface area contributed by atoms with Crippen molar-refractivity contribution in [2.75, 3.05) is 0 Å². The van der Waals surface area contributed by atoms with Crippen LogP contribution >= 0.6 is 33.9 Å². The standard InChI is InChI=1S/C8H5Cl3N4O2S/c1-4-7(18(11,16)17)8(10)15(14-4)6-3-2-5(9)12-13-6/h2-3H,1H3. The molecule has 2 rings (SSSR count). The molecule has 0 aliphatic heterocycles. The van der Waals surface area contributed by atoms with E-state index in [1.54, 1.807) is 0 Å². The first-order valence-electron chi connectivity index (χ1n) is 4.50. The summed E-state index contributed by atoms with van der Waals surface area (Å²) in [5.74, 6) is 0.235. The molecule has 0 aromatic carbocycles. The third-order valence-electron chi connectivity index (χ3n) is 2.03. The fourth-order valence-corrected chi connectivity index (χ4v) is 3.36. The highest BCUT2D eigenvalue weighted by Gasteiger charge is 2.25. The van der Waals surface area contributed by atoms with Crippen LogP contribution in [0.1, 0.15) is 5.69 Å². The third kappa shape index (κ3) is 2.44. The Balaban J connectivity index is 2.65. The highest BCUT2D eigenvalue weighted by molar-refractivity contribution is 8.13. The van der Waals surface area contributed by atoms with Gasteiger partial charge in [0.25, 0.3) is 9.05 Å².